The molecular formula is C21H33N3O3S. The number of nitrogens with zero attached hydrogens (tertiary/aromatic N) is 1. The minimum Gasteiger partial charge on any atom is -0.354 e. The largest absolute Gasteiger partial charge is 0.354 e. The highest BCUT2D eigenvalue weighted by molar-refractivity contribution is 7.92. The fraction of sp³-hybridized carbons (Fsp3) is 0.667. The molecule has 1 aromatic carbocycles. The van der Waals surface area contributed by atoms with Crippen LogP contribution in [0.2, 0.25) is 0 Å². The molecule has 0 unspecified atom stereocenters. The van der Waals surface area contributed by atoms with Gasteiger partial charge in [-0.25, -0.2) is 8.42 Å². The molecule has 0 atom stereocenters. The summed E-state index contributed by atoms with van der Waals surface area (Å²) in [5.41, 5.74) is 1.02. The minimum atomic E-state index is -3.30. The van der Waals surface area contributed by atoms with E-state index >= 15 is 0 Å². The first kappa shape index (κ1) is 21.1. The molecule has 1 saturated heterocycles. The maximum atomic E-state index is 13.2. The van der Waals surface area contributed by atoms with E-state index in [1.54, 1.807) is 12.1 Å². The number of sulfonamides is 1. The monoisotopic (exact) mass is 407 g/mol. The van der Waals surface area contributed by atoms with E-state index < -0.39 is 15.4 Å². The van der Waals surface area contributed by atoms with E-state index in [0.29, 0.717) is 12.2 Å². The molecule has 7 heteroatoms. The van der Waals surface area contributed by atoms with Gasteiger partial charge >= 0.3 is 0 Å². The van der Waals surface area contributed by atoms with Gasteiger partial charge in [-0.1, -0.05) is 37.8 Å². The van der Waals surface area contributed by atoms with Crippen LogP contribution in [0.15, 0.2) is 24.3 Å². The van der Waals surface area contributed by atoms with Crippen molar-refractivity contribution in [1.82, 2.24) is 10.2 Å². The zero-order valence-corrected chi connectivity index (χ0v) is 17.7. The molecule has 1 saturated carbocycles. The van der Waals surface area contributed by atoms with Gasteiger partial charge in [-0.2, -0.15) is 0 Å². The second-order valence-electron chi connectivity index (χ2n) is 8.25. The van der Waals surface area contributed by atoms with Crippen molar-refractivity contribution >= 4 is 21.6 Å². The minimum absolute atomic E-state index is 0.119. The van der Waals surface area contributed by atoms with Crippen molar-refractivity contribution < 1.29 is 13.2 Å². The molecule has 2 N–H and O–H groups in total. The van der Waals surface area contributed by atoms with Crippen LogP contribution in [-0.4, -0.2) is 51.7 Å². The summed E-state index contributed by atoms with van der Waals surface area (Å²) in [6.45, 7) is 3.87. The number of carbonyl (C=O) groups is 1. The van der Waals surface area contributed by atoms with Crippen LogP contribution in [0.1, 0.15) is 56.9 Å². The molecular weight excluding hydrogens is 374 g/mol. The molecule has 0 bridgehead atoms. The lowest BCUT2D eigenvalue weighted by molar-refractivity contribution is -0.128. The fourth-order valence-electron chi connectivity index (χ4n) is 4.55. The number of carbonyl (C=O) groups excluding carboxylic acids is 1. The van der Waals surface area contributed by atoms with Crippen LogP contribution in [0.5, 0.6) is 0 Å². The van der Waals surface area contributed by atoms with Crippen LogP contribution >= 0.6 is 0 Å². The first-order valence-electron chi connectivity index (χ1n) is 10.5. The Labute approximate surface area is 169 Å². The molecule has 3 rings (SSSR count). The Kier molecular flexibility index (Phi) is 6.99. The van der Waals surface area contributed by atoms with Crippen LogP contribution in [0, 0.1) is 0 Å². The Morgan fingerprint density at radius 3 is 2.21 bits per heavy atom. The zero-order chi connectivity index (χ0) is 20.0. The van der Waals surface area contributed by atoms with Gasteiger partial charge in [0, 0.05) is 18.8 Å². The Balaban J connectivity index is 1.68. The number of benzene rings is 1. The smallest absolute Gasteiger partial charge is 0.230 e. The normalized spacial score (nSPS) is 20.5. The van der Waals surface area contributed by atoms with Gasteiger partial charge in [-0.3, -0.25) is 9.52 Å². The first-order chi connectivity index (χ1) is 13.4. The van der Waals surface area contributed by atoms with E-state index in [9.17, 15) is 13.2 Å². The first-order valence-corrected chi connectivity index (χ1v) is 12.4. The van der Waals surface area contributed by atoms with Gasteiger partial charge < -0.3 is 10.2 Å². The van der Waals surface area contributed by atoms with Gasteiger partial charge in [-0.15, -0.1) is 0 Å². The molecule has 1 heterocycles. The SMILES string of the molecule is CS(=O)(=O)Nc1ccc(C2(C(=O)NCCN3CCCCC3)CCCCC2)cc1. The third-order valence-corrected chi connectivity index (χ3v) is 6.65. The molecule has 156 valence electrons. The van der Waals surface area contributed by atoms with Crippen molar-refractivity contribution in [2.75, 3.05) is 37.2 Å². The van der Waals surface area contributed by atoms with Gasteiger partial charge in [-0.05, 0) is 56.5 Å². The summed E-state index contributed by atoms with van der Waals surface area (Å²) in [5.74, 6) is 0.119. The number of anilines is 1. The molecule has 1 aliphatic heterocycles. The highest BCUT2D eigenvalue weighted by atomic mass is 32.2. The Morgan fingerprint density at radius 1 is 1.00 bits per heavy atom. The molecule has 1 aromatic rings. The number of hydrogen-bond donors (Lipinski definition) is 2. The predicted octanol–water partition coefficient (Wildman–Crippen LogP) is 2.86. The van der Waals surface area contributed by atoms with E-state index in [1.807, 2.05) is 12.1 Å². The molecule has 1 aliphatic carbocycles. The van der Waals surface area contributed by atoms with Crippen LogP contribution in [0.4, 0.5) is 5.69 Å². The highest BCUT2D eigenvalue weighted by Crippen LogP contribution is 2.40. The van der Waals surface area contributed by atoms with Crippen LogP contribution < -0.4 is 10.0 Å². The second kappa shape index (κ2) is 9.27. The number of piperidine rings is 1. The number of nitrogens with one attached hydrogen (secondary N) is 2. The summed E-state index contributed by atoms with van der Waals surface area (Å²) in [6.07, 6.45) is 9.91. The Hall–Kier alpha value is -1.60. The van der Waals surface area contributed by atoms with E-state index in [4.69, 9.17) is 0 Å². The van der Waals surface area contributed by atoms with Crippen molar-refractivity contribution in [3.63, 3.8) is 0 Å². The quantitative estimate of drug-likeness (QED) is 0.728. The maximum Gasteiger partial charge on any atom is 0.230 e. The second-order valence-corrected chi connectivity index (χ2v) is 10.0. The Morgan fingerprint density at radius 2 is 1.61 bits per heavy atom. The summed E-state index contributed by atoms with van der Waals surface area (Å²) in [7, 11) is -3.30. The molecule has 6 nitrogen and oxygen atoms in total. The zero-order valence-electron chi connectivity index (χ0n) is 16.9. The van der Waals surface area contributed by atoms with Gasteiger partial charge in [0.25, 0.3) is 0 Å². The van der Waals surface area contributed by atoms with Crippen molar-refractivity contribution in [2.45, 2.75) is 56.8 Å². The summed E-state index contributed by atoms with van der Waals surface area (Å²) in [6, 6.07) is 7.33. The van der Waals surface area contributed by atoms with Gasteiger partial charge in [0.05, 0.1) is 11.7 Å². The predicted molar refractivity (Wildman–Crippen MR) is 113 cm³/mol. The number of rotatable bonds is 7. The number of amides is 1. The van der Waals surface area contributed by atoms with Gasteiger partial charge in [0.2, 0.25) is 15.9 Å². The van der Waals surface area contributed by atoms with Crippen LogP contribution in [0.25, 0.3) is 0 Å². The average molecular weight is 408 g/mol. The van der Waals surface area contributed by atoms with Crippen LogP contribution in [0.3, 0.4) is 0 Å². The fourth-order valence-corrected chi connectivity index (χ4v) is 5.12. The lowest BCUT2D eigenvalue weighted by Crippen LogP contribution is -2.48. The lowest BCUT2D eigenvalue weighted by Gasteiger charge is -2.37. The molecule has 28 heavy (non-hydrogen) atoms. The Bertz CT molecular complexity index is 750. The van der Waals surface area contributed by atoms with E-state index in [1.165, 1.54) is 19.3 Å². The van der Waals surface area contributed by atoms with Crippen molar-refractivity contribution in [3.8, 4) is 0 Å². The molecule has 2 fully saturated rings. The number of likely N-dealkylation sites (tertiary alicyclic amines) is 1. The standard InChI is InChI=1S/C21H33N3O3S/c1-28(26,27)23-19-10-8-18(9-11-19)21(12-4-2-5-13-21)20(25)22-14-17-24-15-6-3-7-16-24/h8-11,23H,2-7,12-17H2,1H3,(H,22,25). The summed E-state index contributed by atoms with van der Waals surface area (Å²) in [5, 5.41) is 3.20. The molecule has 2 aliphatic rings. The van der Waals surface area contributed by atoms with Crippen molar-refractivity contribution in [3.05, 3.63) is 29.8 Å². The van der Waals surface area contributed by atoms with E-state index in [2.05, 4.69) is 14.9 Å². The van der Waals surface area contributed by atoms with Crippen molar-refractivity contribution in [1.29, 1.82) is 0 Å². The van der Waals surface area contributed by atoms with Crippen molar-refractivity contribution in [2.24, 2.45) is 0 Å². The molecule has 0 spiro atoms. The average Bonchev–Trinajstić information content (AvgIpc) is 2.68. The lowest BCUT2D eigenvalue weighted by atomic mass is 9.68. The third-order valence-electron chi connectivity index (χ3n) is 6.04. The summed E-state index contributed by atoms with van der Waals surface area (Å²) >= 11 is 0. The van der Waals surface area contributed by atoms with E-state index in [0.717, 1.165) is 63.6 Å². The van der Waals surface area contributed by atoms with E-state index in [-0.39, 0.29) is 5.91 Å². The highest BCUT2D eigenvalue weighted by Gasteiger charge is 2.40. The summed E-state index contributed by atoms with van der Waals surface area (Å²) in [4.78, 5) is 15.7. The topological polar surface area (TPSA) is 78.5 Å². The molecule has 0 radical (unpaired) electrons. The van der Waals surface area contributed by atoms with Gasteiger partial charge in [0.15, 0.2) is 0 Å². The van der Waals surface area contributed by atoms with Crippen LogP contribution in [-0.2, 0) is 20.2 Å². The number of hydrogen-bond acceptors (Lipinski definition) is 4. The van der Waals surface area contributed by atoms with Gasteiger partial charge in [0.1, 0.15) is 0 Å². The maximum absolute atomic E-state index is 13.2. The summed E-state index contributed by atoms with van der Waals surface area (Å²) < 4.78 is 25.3. The third kappa shape index (κ3) is 5.47. The molecule has 1 amide bonds. The molecule has 0 aromatic heterocycles.